The third-order valence-corrected chi connectivity index (χ3v) is 7.26. The molecule has 3 N–H and O–H groups in total. The standard InChI is InChI=1S/C15H23NO5S/c1-7-6-10(22(19,20)21)13(16)12-11(7)14(17)8-4-2-3-5-9(8)15(12)18/h7-13H,2-6,16H2,1H3,(H,19,20,21). The van der Waals surface area contributed by atoms with Gasteiger partial charge in [-0.25, -0.2) is 0 Å². The second kappa shape index (κ2) is 5.39. The van der Waals surface area contributed by atoms with Crippen molar-refractivity contribution in [3.8, 4) is 0 Å². The summed E-state index contributed by atoms with van der Waals surface area (Å²) in [5, 5.41) is -1.15. The van der Waals surface area contributed by atoms with Crippen molar-refractivity contribution in [2.24, 2.45) is 35.3 Å². The third-order valence-electron chi connectivity index (χ3n) is 5.98. The van der Waals surface area contributed by atoms with E-state index in [9.17, 15) is 22.6 Å². The van der Waals surface area contributed by atoms with Gasteiger partial charge in [-0.1, -0.05) is 19.8 Å². The Morgan fingerprint density at radius 2 is 1.55 bits per heavy atom. The topological polar surface area (TPSA) is 115 Å². The van der Waals surface area contributed by atoms with Crippen molar-refractivity contribution >= 4 is 21.7 Å². The second-order valence-electron chi connectivity index (χ2n) is 7.20. The summed E-state index contributed by atoms with van der Waals surface area (Å²) in [7, 11) is -4.32. The average Bonchev–Trinajstić information content (AvgIpc) is 2.45. The van der Waals surface area contributed by atoms with Crippen LogP contribution in [0.15, 0.2) is 0 Å². The van der Waals surface area contributed by atoms with Gasteiger partial charge >= 0.3 is 0 Å². The minimum absolute atomic E-state index is 0.0537. The molecule has 0 aromatic carbocycles. The van der Waals surface area contributed by atoms with E-state index in [4.69, 9.17) is 5.73 Å². The maximum atomic E-state index is 12.9. The molecule has 0 heterocycles. The molecule has 3 rings (SSSR count). The summed E-state index contributed by atoms with van der Waals surface area (Å²) in [5.74, 6) is -1.98. The summed E-state index contributed by atoms with van der Waals surface area (Å²) in [6.07, 6.45) is 3.46. The first kappa shape index (κ1) is 16.1. The fourth-order valence-electron chi connectivity index (χ4n) is 4.95. The molecule has 3 saturated carbocycles. The Labute approximate surface area is 130 Å². The van der Waals surface area contributed by atoms with Crippen molar-refractivity contribution in [3.05, 3.63) is 0 Å². The zero-order valence-electron chi connectivity index (χ0n) is 12.6. The molecule has 0 radical (unpaired) electrons. The highest BCUT2D eigenvalue weighted by Crippen LogP contribution is 2.48. The minimum atomic E-state index is -4.32. The molecule has 0 amide bonds. The Hall–Kier alpha value is -0.790. The number of hydrogen-bond donors (Lipinski definition) is 2. The molecule has 0 saturated heterocycles. The highest BCUT2D eigenvalue weighted by atomic mass is 32.2. The van der Waals surface area contributed by atoms with Crippen molar-refractivity contribution in [1.29, 1.82) is 0 Å². The van der Waals surface area contributed by atoms with Crippen LogP contribution >= 0.6 is 0 Å². The Bertz CT molecular complexity index is 601. The first-order chi connectivity index (χ1) is 10.2. The van der Waals surface area contributed by atoms with Gasteiger partial charge in [0.15, 0.2) is 0 Å². The first-order valence-corrected chi connectivity index (χ1v) is 9.53. The molecular weight excluding hydrogens is 306 g/mol. The van der Waals surface area contributed by atoms with E-state index in [2.05, 4.69) is 0 Å². The number of carbonyl (C=O) groups excluding carboxylic acids is 2. The van der Waals surface area contributed by atoms with E-state index in [0.29, 0.717) is 6.42 Å². The number of carbonyl (C=O) groups is 2. The zero-order chi connectivity index (χ0) is 16.2. The van der Waals surface area contributed by atoms with Crippen LogP contribution in [0, 0.1) is 29.6 Å². The predicted octanol–water partition coefficient (Wildman–Crippen LogP) is 0.800. The number of ketones is 2. The van der Waals surface area contributed by atoms with Gasteiger partial charge in [0.05, 0.1) is 0 Å². The van der Waals surface area contributed by atoms with E-state index < -0.39 is 33.2 Å². The molecule has 3 aliphatic rings. The van der Waals surface area contributed by atoms with Crippen LogP contribution in [0.3, 0.4) is 0 Å². The van der Waals surface area contributed by atoms with E-state index in [1.165, 1.54) is 0 Å². The van der Waals surface area contributed by atoms with Crippen LogP contribution in [-0.2, 0) is 19.7 Å². The fourth-order valence-corrected chi connectivity index (χ4v) is 6.06. The van der Waals surface area contributed by atoms with Crippen LogP contribution in [0.4, 0.5) is 0 Å². The number of fused-ring (bicyclic) bond motifs is 2. The zero-order valence-corrected chi connectivity index (χ0v) is 13.5. The molecule has 0 aliphatic heterocycles. The van der Waals surface area contributed by atoms with Gasteiger partial charge in [-0.3, -0.25) is 14.1 Å². The van der Waals surface area contributed by atoms with Gasteiger partial charge in [-0.05, 0) is 25.2 Å². The molecule has 0 aromatic heterocycles. The molecule has 0 spiro atoms. The van der Waals surface area contributed by atoms with Gasteiger partial charge in [-0.2, -0.15) is 8.42 Å². The lowest BCUT2D eigenvalue weighted by atomic mass is 9.55. The summed E-state index contributed by atoms with van der Waals surface area (Å²) in [6.45, 7) is 1.79. The summed E-state index contributed by atoms with van der Waals surface area (Å²) >= 11 is 0. The SMILES string of the molecule is CC1CC(S(=O)(=O)O)C(N)C2C(=O)C3CCCCC3C(=O)C12. The van der Waals surface area contributed by atoms with Gasteiger partial charge < -0.3 is 5.73 Å². The van der Waals surface area contributed by atoms with Crippen LogP contribution in [0.25, 0.3) is 0 Å². The molecule has 6 nitrogen and oxygen atoms in total. The summed E-state index contributed by atoms with van der Waals surface area (Å²) in [5.41, 5.74) is 6.04. The van der Waals surface area contributed by atoms with Crippen LogP contribution in [-0.4, -0.2) is 35.8 Å². The van der Waals surface area contributed by atoms with Crippen LogP contribution in [0.5, 0.6) is 0 Å². The second-order valence-corrected chi connectivity index (χ2v) is 8.83. The summed E-state index contributed by atoms with van der Waals surface area (Å²) < 4.78 is 32.5. The molecule has 3 fully saturated rings. The van der Waals surface area contributed by atoms with Crippen molar-refractivity contribution in [1.82, 2.24) is 0 Å². The first-order valence-electron chi connectivity index (χ1n) is 8.02. The summed E-state index contributed by atoms with van der Waals surface area (Å²) in [4.78, 5) is 25.7. The molecule has 3 aliphatic carbocycles. The number of nitrogens with two attached hydrogens (primary N) is 1. The van der Waals surface area contributed by atoms with Gasteiger partial charge in [0, 0.05) is 29.7 Å². The summed E-state index contributed by atoms with van der Waals surface area (Å²) in [6, 6.07) is -0.990. The number of rotatable bonds is 1. The van der Waals surface area contributed by atoms with Gasteiger partial charge in [0.2, 0.25) is 0 Å². The third kappa shape index (κ3) is 2.34. The van der Waals surface area contributed by atoms with Crippen molar-refractivity contribution in [2.45, 2.75) is 50.3 Å². The van der Waals surface area contributed by atoms with Gasteiger partial charge in [0.1, 0.15) is 16.8 Å². The van der Waals surface area contributed by atoms with Crippen LogP contribution in [0.1, 0.15) is 39.0 Å². The molecule has 0 bridgehead atoms. The van der Waals surface area contributed by atoms with E-state index >= 15 is 0 Å². The van der Waals surface area contributed by atoms with Crippen molar-refractivity contribution < 1.29 is 22.6 Å². The molecule has 0 aromatic rings. The minimum Gasteiger partial charge on any atom is -0.326 e. The molecule has 7 unspecified atom stereocenters. The molecule has 7 atom stereocenters. The number of hydrogen-bond acceptors (Lipinski definition) is 5. The highest BCUT2D eigenvalue weighted by molar-refractivity contribution is 7.86. The van der Waals surface area contributed by atoms with Gasteiger partial charge in [-0.15, -0.1) is 0 Å². The lowest BCUT2D eigenvalue weighted by Gasteiger charge is -2.49. The Morgan fingerprint density at radius 3 is 2.05 bits per heavy atom. The monoisotopic (exact) mass is 329 g/mol. The van der Waals surface area contributed by atoms with Crippen molar-refractivity contribution in [3.63, 3.8) is 0 Å². The van der Waals surface area contributed by atoms with Crippen molar-refractivity contribution in [2.75, 3.05) is 0 Å². The van der Waals surface area contributed by atoms with E-state index in [1.54, 1.807) is 6.92 Å². The maximum Gasteiger partial charge on any atom is 0.269 e. The highest BCUT2D eigenvalue weighted by Gasteiger charge is 2.58. The Kier molecular flexibility index (Phi) is 3.94. The largest absolute Gasteiger partial charge is 0.326 e. The van der Waals surface area contributed by atoms with Crippen LogP contribution < -0.4 is 5.73 Å². The van der Waals surface area contributed by atoms with E-state index in [1.807, 2.05) is 0 Å². The smallest absolute Gasteiger partial charge is 0.269 e. The van der Waals surface area contributed by atoms with Gasteiger partial charge in [0.25, 0.3) is 10.1 Å². The lowest BCUT2D eigenvalue weighted by Crippen LogP contribution is -2.63. The molecule has 22 heavy (non-hydrogen) atoms. The van der Waals surface area contributed by atoms with E-state index in [-0.39, 0.29) is 35.7 Å². The quantitative estimate of drug-likeness (QED) is 0.688. The van der Waals surface area contributed by atoms with E-state index in [0.717, 1.165) is 19.3 Å². The Balaban J connectivity index is 1.99. The lowest BCUT2D eigenvalue weighted by molar-refractivity contribution is -0.154. The molecule has 124 valence electrons. The predicted molar refractivity (Wildman–Crippen MR) is 79.5 cm³/mol. The Morgan fingerprint density at radius 1 is 1.05 bits per heavy atom. The van der Waals surface area contributed by atoms with Crippen LogP contribution in [0.2, 0.25) is 0 Å². The fraction of sp³-hybridized carbons (Fsp3) is 0.867. The average molecular weight is 329 g/mol. The normalized spacial score (nSPS) is 46.0. The number of Topliss-reactive ketones (excluding diaryl/α,β-unsaturated/α-hetero) is 2. The molecule has 7 heteroatoms. The molecular formula is C15H23NO5S. The maximum absolute atomic E-state index is 12.9.